The van der Waals surface area contributed by atoms with Gasteiger partial charge in [0, 0.05) is 10.9 Å². The lowest BCUT2D eigenvalue weighted by Crippen LogP contribution is -2.26. The molecule has 0 fully saturated rings. The van der Waals surface area contributed by atoms with Crippen LogP contribution in [0.2, 0.25) is 0 Å². The molecule has 0 bridgehead atoms. The SMILES string of the molecule is CCOC(=O)CNC(C)c1cccs1. The van der Waals surface area contributed by atoms with Crippen molar-refractivity contribution in [3.05, 3.63) is 22.4 Å². The molecule has 1 heterocycles. The van der Waals surface area contributed by atoms with Crippen LogP contribution >= 0.6 is 11.3 Å². The number of carbonyl (C=O) groups excluding carboxylic acids is 1. The molecule has 0 spiro atoms. The van der Waals surface area contributed by atoms with Gasteiger partial charge in [-0.3, -0.25) is 10.1 Å². The molecule has 3 nitrogen and oxygen atoms in total. The van der Waals surface area contributed by atoms with Crippen LogP contribution in [0.1, 0.15) is 24.8 Å². The van der Waals surface area contributed by atoms with E-state index in [1.807, 2.05) is 24.4 Å². The molecule has 1 N–H and O–H groups in total. The lowest BCUT2D eigenvalue weighted by molar-refractivity contribution is -0.142. The first-order valence-electron chi connectivity index (χ1n) is 4.66. The molecule has 78 valence electrons. The average molecular weight is 213 g/mol. The van der Waals surface area contributed by atoms with Gasteiger partial charge >= 0.3 is 5.97 Å². The van der Waals surface area contributed by atoms with Gasteiger partial charge in [-0.1, -0.05) is 6.07 Å². The van der Waals surface area contributed by atoms with Gasteiger partial charge in [0.1, 0.15) is 0 Å². The molecule has 0 aliphatic rings. The fourth-order valence-corrected chi connectivity index (χ4v) is 1.85. The largest absolute Gasteiger partial charge is 0.465 e. The van der Waals surface area contributed by atoms with Crippen molar-refractivity contribution in [3.63, 3.8) is 0 Å². The van der Waals surface area contributed by atoms with Crippen molar-refractivity contribution in [3.8, 4) is 0 Å². The van der Waals surface area contributed by atoms with Crippen LogP contribution in [0.3, 0.4) is 0 Å². The second kappa shape index (κ2) is 5.78. The van der Waals surface area contributed by atoms with E-state index in [2.05, 4.69) is 5.32 Å². The quantitative estimate of drug-likeness (QED) is 0.760. The zero-order valence-electron chi connectivity index (χ0n) is 8.45. The van der Waals surface area contributed by atoms with Gasteiger partial charge in [-0.25, -0.2) is 0 Å². The van der Waals surface area contributed by atoms with Crippen molar-refractivity contribution in [2.24, 2.45) is 0 Å². The van der Waals surface area contributed by atoms with E-state index in [0.717, 1.165) is 0 Å². The Hall–Kier alpha value is -0.870. The number of carbonyl (C=O) groups is 1. The average Bonchev–Trinajstić information content (AvgIpc) is 2.67. The lowest BCUT2D eigenvalue weighted by Gasteiger charge is -2.10. The highest BCUT2D eigenvalue weighted by Crippen LogP contribution is 2.17. The van der Waals surface area contributed by atoms with Crippen molar-refractivity contribution in [1.29, 1.82) is 0 Å². The predicted molar refractivity (Wildman–Crippen MR) is 57.4 cm³/mol. The second-order valence-corrected chi connectivity index (χ2v) is 3.90. The zero-order chi connectivity index (χ0) is 10.4. The van der Waals surface area contributed by atoms with Crippen LogP contribution in [0.15, 0.2) is 17.5 Å². The van der Waals surface area contributed by atoms with Crippen LogP contribution in [-0.4, -0.2) is 19.1 Å². The van der Waals surface area contributed by atoms with Gasteiger partial charge in [0.15, 0.2) is 0 Å². The number of thiophene rings is 1. The standard InChI is InChI=1S/C10H15NO2S/c1-3-13-10(12)7-11-8(2)9-5-4-6-14-9/h4-6,8,11H,3,7H2,1-2H3. The third-order valence-electron chi connectivity index (χ3n) is 1.83. The molecule has 1 unspecified atom stereocenters. The van der Waals surface area contributed by atoms with E-state index in [9.17, 15) is 4.79 Å². The molecule has 1 atom stereocenters. The van der Waals surface area contributed by atoms with Crippen LogP contribution in [0, 0.1) is 0 Å². The highest BCUT2D eigenvalue weighted by atomic mass is 32.1. The minimum atomic E-state index is -0.198. The van der Waals surface area contributed by atoms with E-state index in [1.54, 1.807) is 18.3 Å². The molecule has 0 aromatic carbocycles. The first-order valence-corrected chi connectivity index (χ1v) is 5.54. The van der Waals surface area contributed by atoms with Gasteiger partial charge in [-0.15, -0.1) is 11.3 Å². The van der Waals surface area contributed by atoms with Gasteiger partial charge in [-0.05, 0) is 25.3 Å². The number of nitrogens with one attached hydrogen (secondary N) is 1. The first kappa shape index (κ1) is 11.2. The maximum atomic E-state index is 11.0. The molecule has 1 rings (SSSR count). The molecule has 0 aliphatic heterocycles. The molecular weight excluding hydrogens is 198 g/mol. The van der Waals surface area contributed by atoms with Gasteiger partial charge < -0.3 is 4.74 Å². The topological polar surface area (TPSA) is 38.3 Å². The van der Waals surface area contributed by atoms with Crippen molar-refractivity contribution in [2.75, 3.05) is 13.2 Å². The van der Waals surface area contributed by atoms with Crippen LogP contribution in [0.25, 0.3) is 0 Å². The molecule has 14 heavy (non-hydrogen) atoms. The zero-order valence-corrected chi connectivity index (χ0v) is 9.26. The minimum absolute atomic E-state index is 0.198. The van der Waals surface area contributed by atoms with E-state index >= 15 is 0 Å². The predicted octanol–water partition coefficient (Wildman–Crippen LogP) is 1.96. The fourth-order valence-electron chi connectivity index (χ4n) is 1.09. The van der Waals surface area contributed by atoms with Crippen LogP contribution in [0.4, 0.5) is 0 Å². The highest BCUT2D eigenvalue weighted by molar-refractivity contribution is 7.10. The Balaban J connectivity index is 2.28. The summed E-state index contributed by atoms with van der Waals surface area (Å²) < 4.78 is 4.81. The Labute approximate surface area is 88.1 Å². The van der Waals surface area contributed by atoms with Gasteiger partial charge in [0.2, 0.25) is 0 Å². The molecular formula is C10H15NO2S. The summed E-state index contributed by atoms with van der Waals surface area (Å²) in [7, 11) is 0. The number of esters is 1. The molecule has 1 aromatic rings. The summed E-state index contributed by atoms with van der Waals surface area (Å²) in [4.78, 5) is 12.3. The number of hydrogen-bond acceptors (Lipinski definition) is 4. The smallest absolute Gasteiger partial charge is 0.319 e. The Morgan fingerprint density at radius 2 is 2.50 bits per heavy atom. The molecule has 4 heteroatoms. The minimum Gasteiger partial charge on any atom is -0.465 e. The summed E-state index contributed by atoms with van der Waals surface area (Å²) in [6.45, 7) is 4.55. The first-order chi connectivity index (χ1) is 6.74. The molecule has 0 saturated heterocycles. The Kier molecular flexibility index (Phi) is 4.62. The number of hydrogen-bond donors (Lipinski definition) is 1. The van der Waals surface area contributed by atoms with Crippen molar-refractivity contribution < 1.29 is 9.53 Å². The summed E-state index contributed by atoms with van der Waals surface area (Å²) in [5.74, 6) is -0.198. The maximum Gasteiger partial charge on any atom is 0.319 e. The molecule has 0 amide bonds. The summed E-state index contributed by atoms with van der Waals surface area (Å²) in [5.41, 5.74) is 0. The van der Waals surface area contributed by atoms with Crippen molar-refractivity contribution >= 4 is 17.3 Å². The van der Waals surface area contributed by atoms with E-state index in [-0.39, 0.29) is 18.6 Å². The third-order valence-corrected chi connectivity index (χ3v) is 2.88. The Morgan fingerprint density at radius 1 is 1.71 bits per heavy atom. The number of ether oxygens (including phenoxy) is 1. The summed E-state index contributed by atoms with van der Waals surface area (Å²) in [5, 5.41) is 5.13. The second-order valence-electron chi connectivity index (χ2n) is 2.92. The monoisotopic (exact) mass is 213 g/mol. The van der Waals surface area contributed by atoms with Gasteiger partial charge in [0.05, 0.1) is 13.2 Å². The molecule has 0 aliphatic carbocycles. The van der Waals surface area contributed by atoms with E-state index in [4.69, 9.17) is 4.74 Å². The Bertz CT molecular complexity index is 272. The summed E-state index contributed by atoms with van der Waals surface area (Å²) >= 11 is 1.68. The maximum absolute atomic E-state index is 11.0. The summed E-state index contributed by atoms with van der Waals surface area (Å²) in [6, 6.07) is 4.26. The lowest BCUT2D eigenvalue weighted by atomic mass is 10.3. The molecule has 1 aromatic heterocycles. The fraction of sp³-hybridized carbons (Fsp3) is 0.500. The van der Waals surface area contributed by atoms with E-state index < -0.39 is 0 Å². The van der Waals surface area contributed by atoms with Crippen LogP contribution < -0.4 is 5.32 Å². The summed E-state index contributed by atoms with van der Waals surface area (Å²) in [6.07, 6.45) is 0. The highest BCUT2D eigenvalue weighted by Gasteiger charge is 2.08. The Morgan fingerprint density at radius 3 is 3.07 bits per heavy atom. The van der Waals surface area contributed by atoms with Crippen molar-refractivity contribution in [2.45, 2.75) is 19.9 Å². The third kappa shape index (κ3) is 3.47. The molecule has 0 radical (unpaired) electrons. The van der Waals surface area contributed by atoms with E-state index in [0.29, 0.717) is 6.61 Å². The van der Waals surface area contributed by atoms with E-state index in [1.165, 1.54) is 4.88 Å². The van der Waals surface area contributed by atoms with Crippen molar-refractivity contribution in [1.82, 2.24) is 5.32 Å². The van der Waals surface area contributed by atoms with Gasteiger partial charge in [0.25, 0.3) is 0 Å². The molecule has 0 saturated carbocycles. The van der Waals surface area contributed by atoms with Gasteiger partial charge in [-0.2, -0.15) is 0 Å². The number of rotatable bonds is 5. The normalized spacial score (nSPS) is 12.4. The van der Waals surface area contributed by atoms with Crippen LogP contribution in [-0.2, 0) is 9.53 Å². The van der Waals surface area contributed by atoms with Crippen LogP contribution in [0.5, 0.6) is 0 Å².